The normalized spacial score (nSPS) is 19.1. The fraction of sp³-hybridized carbons (Fsp3) is 0.611. The molecule has 126 valence electrons. The smallest absolute Gasteiger partial charge is 0.337 e. The first kappa shape index (κ1) is 16.3. The van der Waals surface area contributed by atoms with Crippen LogP contribution in [-0.2, 0) is 10.3 Å². The summed E-state index contributed by atoms with van der Waals surface area (Å²) >= 11 is 0. The number of ether oxygens (including phenoxy) is 1. The third-order valence-electron chi connectivity index (χ3n) is 4.89. The lowest BCUT2D eigenvalue weighted by atomic mass is 10.00. The van der Waals surface area contributed by atoms with E-state index in [-0.39, 0.29) is 5.54 Å². The van der Waals surface area contributed by atoms with Crippen molar-refractivity contribution in [3.63, 3.8) is 0 Å². The zero-order valence-corrected chi connectivity index (χ0v) is 13.8. The predicted octanol–water partition coefficient (Wildman–Crippen LogP) is 2.60. The second-order valence-corrected chi connectivity index (χ2v) is 6.44. The van der Waals surface area contributed by atoms with Crippen LogP contribution in [0, 0.1) is 0 Å². The molecule has 0 amide bonds. The van der Waals surface area contributed by atoms with Crippen LogP contribution >= 0.6 is 0 Å². The van der Waals surface area contributed by atoms with Crippen LogP contribution in [0.5, 0.6) is 0 Å². The molecule has 1 heterocycles. The van der Waals surface area contributed by atoms with Crippen molar-refractivity contribution < 1.29 is 14.6 Å². The largest absolute Gasteiger partial charge is 0.478 e. The number of carbonyl (C=O) groups is 1. The molecule has 0 aromatic heterocycles. The number of carboxylic acids is 1. The molecule has 1 aromatic rings. The van der Waals surface area contributed by atoms with Gasteiger partial charge < -0.3 is 20.1 Å². The van der Waals surface area contributed by atoms with Gasteiger partial charge in [0, 0.05) is 31.8 Å². The highest BCUT2D eigenvalue weighted by Gasteiger charge is 2.44. The predicted molar refractivity (Wildman–Crippen MR) is 90.3 cm³/mol. The van der Waals surface area contributed by atoms with Gasteiger partial charge in [-0.25, -0.2) is 4.79 Å². The molecule has 1 aliphatic heterocycles. The van der Waals surface area contributed by atoms with Crippen LogP contribution in [0.1, 0.15) is 48.5 Å². The van der Waals surface area contributed by atoms with Crippen molar-refractivity contribution in [2.75, 3.05) is 37.7 Å². The van der Waals surface area contributed by atoms with E-state index in [9.17, 15) is 9.90 Å². The standard InChI is InChI=1S/C18H26N2O3/c1-2-23-12-9-19-18(7-8-18)14-5-6-16(15(13-14)17(21)22)20-10-3-4-11-20/h5-6,13,19H,2-4,7-12H2,1H3,(H,21,22). The lowest BCUT2D eigenvalue weighted by Gasteiger charge is -2.23. The Hall–Kier alpha value is -1.59. The van der Waals surface area contributed by atoms with E-state index in [0.717, 1.165) is 63.2 Å². The van der Waals surface area contributed by atoms with Crippen LogP contribution in [-0.4, -0.2) is 43.9 Å². The Morgan fingerprint density at radius 2 is 2.09 bits per heavy atom. The molecule has 0 bridgehead atoms. The summed E-state index contributed by atoms with van der Waals surface area (Å²) in [6, 6.07) is 5.96. The lowest BCUT2D eigenvalue weighted by molar-refractivity contribution is 0.0697. The van der Waals surface area contributed by atoms with Gasteiger partial charge >= 0.3 is 5.97 Å². The number of benzene rings is 1. The van der Waals surface area contributed by atoms with Crippen LogP contribution in [0.25, 0.3) is 0 Å². The van der Waals surface area contributed by atoms with E-state index < -0.39 is 5.97 Å². The molecule has 1 aliphatic carbocycles. The van der Waals surface area contributed by atoms with E-state index in [0.29, 0.717) is 12.2 Å². The maximum absolute atomic E-state index is 11.7. The molecular weight excluding hydrogens is 292 g/mol. The van der Waals surface area contributed by atoms with Gasteiger partial charge in [0.05, 0.1) is 17.9 Å². The number of anilines is 1. The number of hydrogen-bond donors (Lipinski definition) is 2. The SMILES string of the molecule is CCOCCNC1(c2ccc(N3CCCC3)c(C(=O)O)c2)CC1. The van der Waals surface area contributed by atoms with Crippen molar-refractivity contribution in [1.29, 1.82) is 0 Å². The Labute approximate surface area is 137 Å². The van der Waals surface area contributed by atoms with Gasteiger partial charge in [0.25, 0.3) is 0 Å². The van der Waals surface area contributed by atoms with Gasteiger partial charge in [0.1, 0.15) is 0 Å². The summed E-state index contributed by atoms with van der Waals surface area (Å²) in [4.78, 5) is 13.9. The molecule has 1 saturated heterocycles. The quantitative estimate of drug-likeness (QED) is 0.722. The molecule has 0 unspecified atom stereocenters. The topological polar surface area (TPSA) is 61.8 Å². The van der Waals surface area contributed by atoms with Crippen LogP contribution in [0.15, 0.2) is 18.2 Å². The first-order valence-corrected chi connectivity index (χ1v) is 8.62. The van der Waals surface area contributed by atoms with Crippen molar-refractivity contribution in [3.05, 3.63) is 29.3 Å². The van der Waals surface area contributed by atoms with E-state index in [4.69, 9.17) is 4.74 Å². The van der Waals surface area contributed by atoms with E-state index in [1.54, 1.807) is 0 Å². The van der Waals surface area contributed by atoms with Gasteiger partial charge in [-0.15, -0.1) is 0 Å². The molecule has 0 atom stereocenters. The van der Waals surface area contributed by atoms with Gasteiger partial charge in [-0.3, -0.25) is 0 Å². The molecule has 3 rings (SSSR count). The van der Waals surface area contributed by atoms with Gasteiger partial charge in [0.15, 0.2) is 0 Å². The van der Waals surface area contributed by atoms with Gasteiger partial charge in [0.2, 0.25) is 0 Å². The fourth-order valence-corrected chi connectivity index (χ4v) is 3.44. The minimum Gasteiger partial charge on any atom is -0.478 e. The molecule has 2 aliphatic rings. The zero-order chi connectivity index (χ0) is 16.3. The van der Waals surface area contributed by atoms with Crippen molar-refractivity contribution in [2.45, 2.75) is 38.1 Å². The average Bonchev–Trinajstić information content (AvgIpc) is 3.14. The van der Waals surface area contributed by atoms with Gasteiger partial charge in [-0.1, -0.05) is 6.07 Å². The first-order chi connectivity index (χ1) is 11.2. The molecule has 2 fully saturated rings. The number of nitrogens with zero attached hydrogens (tertiary/aromatic N) is 1. The number of hydrogen-bond acceptors (Lipinski definition) is 4. The number of aromatic carboxylic acids is 1. The number of nitrogens with one attached hydrogen (secondary N) is 1. The Morgan fingerprint density at radius 1 is 1.35 bits per heavy atom. The van der Waals surface area contributed by atoms with E-state index in [1.165, 1.54) is 0 Å². The highest BCUT2D eigenvalue weighted by Crippen LogP contribution is 2.46. The molecule has 23 heavy (non-hydrogen) atoms. The third-order valence-corrected chi connectivity index (χ3v) is 4.89. The van der Waals surface area contributed by atoms with E-state index >= 15 is 0 Å². The summed E-state index contributed by atoms with van der Waals surface area (Å²) in [5.74, 6) is -0.834. The summed E-state index contributed by atoms with van der Waals surface area (Å²) in [7, 11) is 0. The summed E-state index contributed by atoms with van der Waals surface area (Å²) in [6.45, 7) is 6.11. The zero-order valence-electron chi connectivity index (χ0n) is 13.8. The number of carboxylic acid groups (broad SMARTS) is 1. The Morgan fingerprint density at radius 3 is 2.70 bits per heavy atom. The molecule has 1 aromatic carbocycles. The van der Waals surface area contributed by atoms with Crippen LogP contribution in [0.2, 0.25) is 0 Å². The number of rotatable bonds is 8. The maximum atomic E-state index is 11.7. The molecule has 0 radical (unpaired) electrons. The monoisotopic (exact) mass is 318 g/mol. The Balaban J connectivity index is 1.78. The van der Waals surface area contributed by atoms with Gasteiger partial charge in [-0.2, -0.15) is 0 Å². The van der Waals surface area contributed by atoms with Crippen LogP contribution in [0.4, 0.5) is 5.69 Å². The second kappa shape index (κ2) is 6.89. The molecule has 1 saturated carbocycles. The summed E-state index contributed by atoms with van der Waals surface area (Å²) in [6.07, 6.45) is 4.40. The minimum atomic E-state index is -0.834. The van der Waals surface area contributed by atoms with Crippen molar-refractivity contribution in [3.8, 4) is 0 Å². The Bertz CT molecular complexity index is 563. The molecule has 0 spiro atoms. The molecule has 2 N–H and O–H groups in total. The average molecular weight is 318 g/mol. The fourth-order valence-electron chi connectivity index (χ4n) is 3.44. The van der Waals surface area contributed by atoms with Crippen molar-refractivity contribution >= 4 is 11.7 Å². The summed E-state index contributed by atoms with van der Waals surface area (Å²) in [5, 5.41) is 13.2. The van der Waals surface area contributed by atoms with Crippen molar-refractivity contribution in [1.82, 2.24) is 5.32 Å². The highest BCUT2D eigenvalue weighted by molar-refractivity contribution is 5.95. The highest BCUT2D eigenvalue weighted by atomic mass is 16.5. The lowest BCUT2D eigenvalue weighted by Crippen LogP contribution is -2.32. The second-order valence-electron chi connectivity index (χ2n) is 6.44. The van der Waals surface area contributed by atoms with E-state index in [2.05, 4.69) is 16.3 Å². The Kier molecular flexibility index (Phi) is 4.87. The molecule has 5 nitrogen and oxygen atoms in total. The summed E-state index contributed by atoms with van der Waals surface area (Å²) < 4.78 is 5.38. The molecular formula is C18H26N2O3. The van der Waals surface area contributed by atoms with Crippen LogP contribution in [0.3, 0.4) is 0 Å². The summed E-state index contributed by atoms with van der Waals surface area (Å²) in [5.41, 5.74) is 2.34. The van der Waals surface area contributed by atoms with Crippen LogP contribution < -0.4 is 10.2 Å². The first-order valence-electron chi connectivity index (χ1n) is 8.62. The minimum absolute atomic E-state index is 0.0508. The van der Waals surface area contributed by atoms with Gasteiger partial charge in [-0.05, 0) is 50.3 Å². The maximum Gasteiger partial charge on any atom is 0.337 e. The third kappa shape index (κ3) is 3.51. The van der Waals surface area contributed by atoms with Crippen molar-refractivity contribution in [2.24, 2.45) is 0 Å². The molecule has 5 heteroatoms. The van der Waals surface area contributed by atoms with E-state index in [1.807, 2.05) is 19.1 Å².